The van der Waals surface area contributed by atoms with Crippen molar-refractivity contribution in [3.63, 3.8) is 0 Å². The first-order chi connectivity index (χ1) is 8.33. The zero-order chi connectivity index (χ0) is 14.6. The van der Waals surface area contributed by atoms with E-state index in [9.17, 15) is 19.8 Å². The first-order valence-electron chi connectivity index (χ1n) is 5.52. The molecule has 100 valence electrons. The molecular weight excluding hydrogens is 282 g/mol. The van der Waals surface area contributed by atoms with E-state index in [-0.39, 0.29) is 83.8 Å². The molecule has 20 heavy (non-hydrogen) atoms. The second kappa shape index (κ2) is 18.9. The van der Waals surface area contributed by atoms with Gasteiger partial charge in [-0.15, -0.1) is 0 Å². The van der Waals surface area contributed by atoms with Crippen LogP contribution in [0.4, 0.5) is 0 Å². The summed E-state index contributed by atoms with van der Waals surface area (Å²) in [6.45, 7) is 3.37. The molecule has 0 amide bonds. The van der Waals surface area contributed by atoms with Gasteiger partial charge in [0.05, 0.1) is 12.1 Å². The third kappa shape index (κ3) is 26.5. The summed E-state index contributed by atoms with van der Waals surface area (Å²) in [5, 5.41) is 36.0. The Morgan fingerprint density at radius 2 is 1.15 bits per heavy atom. The molecule has 0 aromatic rings. The third-order valence-electron chi connectivity index (χ3n) is 2.00. The number of aliphatic carboxylic acids is 2. The summed E-state index contributed by atoms with van der Waals surface area (Å²) in [4.78, 5) is 19.6. The Balaban J connectivity index is -0.000000116. The quantitative estimate of drug-likeness (QED) is 0.448. The number of hydrogen-bond donors (Lipinski definition) is 0. The van der Waals surface area contributed by atoms with Crippen LogP contribution in [-0.4, -0.2) is 11.9 Å². The Hall–Kier alpha value is -0.0800. The van der Waals surface area contributed by atoms with E-state index in [1.165, 1.54) is 0 Å². The van der Waals surface area contributed by atoms with Crippen molar-refractivity contribution in [1.29, 1.82) is 10.5 Å². The molecule has 0 saturated heterocycles. The second-order valence-corrected chi connectivity index (χ2v) is 3.88. The molecular formula is C12H16N2Na2O4. The SMILES string of the molecule is CC(C#N)CCC(=O)[O-].CC(C#N)CCC(=O)[O-].[Na+].[Na+]. The fourth-order valence-electron chi connectivity index (χ4n) is 0.798. The van der Waals surface area contributed by atoms with Crippen LogP contribution in [0.15, 0.2) is 0 Å². The van der Waals surface area contributed by atoms with E-state index in [1.54, 1.807) is 13.8 Å². The zero-order valence-electron chi connectivity index (χ0n) is 12.5. The van der Waals surface area contributed by atoms with Gasteiger partial charge in [-0.25, -0.2) is 0 Å². The Morgan fingerprint density at radius 1 is 0.900 bits per heavy atom. The van der Waals surface area contributed by atoms with Crippen LogP contribution >= 0.6 is 0 Å². The van der Waals surface area contributed by atoms with E-state index in [1.807, 2.05) is 12.1 Å². The molecule has 6 nitrogen and oxygen atoms in total. The van der Waals surface area contributed by atoms with Gasteiger partial charge in [0.15, 0.2) is 0 Å². The summed E-state index contributed by atoms with van der Waals surface area (Å²) in [5.41, 5.74) is 0. The van der Waals surface area contributed by atoms with Crippen LogP contribution in [0.25, 0.3) is 0 Å². The molecule has 0 radical (unpaired) electrons. The summed E-state index contributed by atoms with van der Waals surface area (Å²) >= 11 is 0. The number of carbonyl (C=O) groups excluding carboxylic acids is 2. The minimum Gasteiger partial charge on any atom is -0.550 e. The van der Waals surface area contributed by atoms with Crippen LogP contribution in [-0.2, 0) is 9.59 Å². The maximum Gasteiger partial charge on any atom is 1.00 e. The van der Waals surface area contributed by atoms with Crippen LogP contribution in [0, 0.1) is 34.5 Å². The van der Waals surface area contributed by atoms with Crippen molar-refractivity contribution < 1.29 is 78.9 Å². The van der Waals surface area contributed by atoms with Crippen molar-refractivity contribution in [3.8, 4) is 12.1 Å². The van der Waals surface area contributed by atoms with Gasteiger partial charge >= 0.3 is 59.1 Å². The summed E-state index contributed by atoms with van der Waals surface area (Å²) in [5.74, 6) is -2.53. The van der Waals surface area contributed by atoms with Crippen LogP contribution in [0.2, 0.25) is 0 Å². The Labute approximate surface area is 163 Å². The molecule has 0 saturated carbocycles. The first-order valence-corrected chi connectivity index (χ1v) is 5.52. The average molecular weight is 298 g/mol. The Kier molecular flexibility index (Phi) is 26.6. The van der Waals surface area contributed by atoms with Crippen LogP contribution in [0.1, 0.15) is 39.5 Å². The molecule has 0 heterocycles. The molecule has 0 bridgehead atoms. The normalized spacial score (nSPS) is 10.8. The standard InChI is InChI=1S/2C6H9NO2.2Na/c2*1-5(4-7)2-3-6(8)9;;/h2*5H,2-3H2,1H3,(H,8,9);;/q;;2*+1/p-2. The van der Waals surface area contributed by atoms with Crippen molar-refractivity contribution in [2.24, 2.45) is 11.8 Å². The van der Waals surface area contributed by atoms with Crippen LogP contribution in [0.5, 0.6) is 0 Å². The Morgan fingerprint density at radius 3 is 1.30 bits per heavy atom. The summed E-state index contributed by atoms with van der Waals surface area (Å²) in [6, 6.07) is 3.86. The molecule has 2 atom stereocenters. The Bertz CT molecular complexity index is 316. The minimum atomic E-state index is -1.09. The molecule has 0 aliphatic heterocycles. The first kappa shape index (κ1) is 28.1. The zero-order valence-corrected chi connectivity index (χ0v) is 16.5. The molecule has 2 unspecified atom stereocenters. The molecule has 0 rings (SSSR count). The van der Waals surface area contributed by atoms with E-state index < -0.39 is 11.9 Å². The predicted octanol–water partition coefficient (Wildman–Crippen LogP) is -6.64. The molecule has 0 aromatic carbocycles. The van der Waals surface area contributed by atoms with Gasteiger partial charge in [0.1, 0.15) is 0 Å². The van der Waals surface area contributed by atoms with Crippen molar-refractivity contribution in [2.75, 3.05) is 0 Å². The van der Waals surface area contributed by atoms with Crippen molar-refractivity contribution >= 4 is 11.9 Å². The monoisotopic (exact) mass is 298 g/mol. The van der Waals surface area contributed by atoms with Gasteiger partial charge in [0, 0.05) is 23.8 Å². The maximum absolute atomic E-state index is 9.80. The molecule has 0 aliphatic carbocycles. The topological polar surface area (TPSA) is 128 Å². The van der Waals surface area contributed by atoms with E-state index in [2.05, 4.69) is 0 Å². The summed E-state index contributed by atoms with van der Waals surface area (Å²) < 4.78 is 0. The predicted molar refractivity (Wildman–Crippen MR) is 58.0 cm³/mol. The summed E-state index contributed by atoms with van der Waals surface area (Å²) in [7, 11) is 0. The number of hydrogen-bond acceptors (Lipinski definition) is 6. The average Bonchev–Trinajstić information content (AvgIpc) is 2.33. The van der Waals surface area contributed by atoms with Gasteiger partial charge < -0.3 is 19.8 Å². The fourth-order valence-corrected chi connectivity index (χ4v) is 0.798. The largest absolute Gasteiger partial charge is 1.00 e. The van der Waals surface area contributed by atoms with Crippen molar-refractivity contribution in [2.45, 2.75) is 39.5 Å². The van der Waals surface area contributed by atoms with Gasteiger partial charge in [-0.2, -0.15) is 10.5 Å². The minimum absolute atomic E-state index is 0. The molecule has 0 spiro atoms. The van der Waals surface area contributed by atoms with Crippen LogP contribution < -0.4 is 69.3 Å². The van der Waals surface area contributed by atoms with E-state index in [0.29, 0.717) is 12.8 Å². The third-order valence-corrected chi connectivity index (χ3v) is 2.00. The number of carboxylic acid groups (broad SMARTS) is 2. The molecule has 0 N–H and O–H groups in total. The van der Waals surface area contributed by atoms with Gasteiger partial charge in [0.2, 0.25) is 0 Å². The molecule has 0 fully saturated rings. The number of carbonyl (C=O) groups is 2. The van der Waals surface area contributed by atoms with E-state index in [4.69, 9.17) is 10.5 Å². The molecule has 0 aliphatic rings. The van der Waals surface area contributed by atoms with Crippen molar-refractivity contribution in [3.05, 3.63) is 0 Å². The molecule has 0 aromatic heterocycles. The fraction of sp³-hybridized carbons (Fsp3) is 0.667. The number of rotatable bonds is 6. The number of nitrogens with zero attached hydrogens (tertiary/aromatic N) is 2. The van der Waals surface area contributed by atoms with Gasteiger partial charge in [-0.1, -0.05) is 0 Å². The van der Waals surface area contributed by atoms with E-state index >= 15 is 0 Å². The maximum atomic E-state index is 9.80. The summed E-state index contributed by atoms with van der Waals surface area (Å²) in [6.07, 6.45) is 0.737. The second-order valence-electron chi connectivity index (χ2n) is 3.88. The van der Waals surface area contributed by atoms with Gasteiger partial charge in [0.25, 0.3) is 0 Å². The van der Waals surface area contributed by atoms with E-state index in [0.717, 1.165) is 0 Å². The molecule has 8 heteroatoms. The van der Waals surface area contributed by atoms with Gasteiger partial charge in [-0.3, -0.25) is 0 Å². The number of carboxylic acids is 2. The van der Waals surface area contributed by atoms with Crippen molar-refractivity contribution in [1.82, 2.24) is 0 Å². The van der Waals surface area contributed by atoms with Gasteiger partial charge in [-0.05, 0) is 39.5 Å². The number of nitriles is 2. The van der Waals surface area contributed by atoms with Crippen LogP contribution in [0.3, 0.4) is 0 Å². The smallest absolute Gasteiger partial charge is 0.550 e.